The lowest BCUT2D eigenvalue weighted by Gasteiger charge is -2.11. The fraction of sp³-hybridized carbons (Fsp3) is 0.333. The van der Waals surface area contributed by atoms with E-state index in [-0.39, 0.29) is 4.90 Å². The molecule has 2 N–H and O–H groups in total. The molecule has 0 unspecified atom stereocenters. The maximum absolute atomic E-state index is 11.5. The second kappa shape index (κ2) is 4.75. The monoisotopic (exact) mass is 280 g/mol. The van der Waals surface area contributed by atoms with Crippen molar-refractivity contribution in [2.75, 3.05) is 6.26 Å². The maximum Gasteiger partial charge on any atom is 0.178 e. The van der Waals surface area contributed by atoms with Gasteiger partial charge in [0.15, 0.2) is 15.7 Å². The molecular weight excluding hydrogens is 264 g/mol. The van der Waals surface area contributed by atoms with Crippen molar-refractivity contribution in [2.45, 2.75) is 25.3 Å². The fourth-order valence-corrected chi connectivity index (χ4v) is 2.43. The molecule has 0 aromatic carbocycles. The topological polar surface area (TPSA) is 90.9 Å². The minimum Gasteiger partial charge on any atom is -0.326 e. The van der Waals surface area contributed by atoms with Crippen molar-refractivity contribution < 1.29 is 8.42 Å². The van der Waals surface area contributed by atoms with Crippen LogP contribution in [0.5, 0.6) is 0 Å². The van der Waals surface area contributed by atoms with Gasteiger partial charge in [0.05, 0.1) is 12.4 Å². The first kappa shape index (κ1) is 13.7. The van der Waals surface area contributed by atoms with E-state index in [1.54, 1.807) is 0 Å². The maximum atomic E-state index is 11.5. The molecule has 0 saturated heterocycles. The molecule has 2 aromatic rings. The van der Waals surface area contributed by atoms with Gasteiger partial charge in [0.1, 0.15) is 4.90 Å². The van der Waals surface area contributed by atoms with Gasteiger partial charge in [0.25, 0.3) is 0 Å². The largest absolute Gasteiger partial charge is 0.326 e. The van der Waals surface area contributed by atoms with Crippen LogP contribution in [-0.4, -0.2) is 29.4 Å². The molecule has 7 heteroatoms. The average Bonchev–Trinajstić information content (AvgIpc) is 2.76. The first-order valence-electron chi connectivity index (χ1n) is 5.75. The fourth-order valence-electron chi connectivity index (χ4n) is 1.90. The van der Waals surface area contributed by atoms with Crippen molar-refractivity contribution in [1.82, 2.24) is 14.8 Å². The highest BCUT2D eigenvalue weighted by atomic mass is 32.2. The first-order chi connectivity index (χ1) is 8.82. The second-order valence-corrected chi connectivity index (χ2v) is 6.50. The van der Waals surface area contributed by atoms with Gasteiger partial charge in [-0.3, -0.25) is 0 Å². The number of rotatable bonds is 3. The molecule has 0 amide bonds. The van der Waals surface area contributed by atoms with Crippen LogP contribution in [-0.2, 0) is 16.4 Å². The van der Waals surface area contributed by atoms with Gasteiger partial charge in [-0.25, -0.2) is 18.1 Å². The molecule has 0 atom stereocenters. The first-order valence-corrected chi connectivity index (χ1v) is 7.64. The Morgan fingerprint density at radius 1 is 1.37 bits per heavy atom. The molecule has 6 nitrogen and oxygen atoms in total. The van der Waals surface area contributed by atoms with E-state index in [0.717, 1.165) is 23.1 Å². The molecule has 2 heterocycles. The minimum atomic E-state index is -3.27. The minimum absolute atomic E-state index is 0.163. The third-order valence-corrected chi connectivity index (χ3v) is 3.93. The summed E-state index contributed by atoms with van der Waals surface area (Å²) >= 11 is 0. The number of sulfone groups is 1. The number of nitrogens with zero attached hydrogens (tertiary/aromatic N) is 3. The summed E-state index contributed by atoms with van der Waals surface area (Å²) in [5, 5.41) is 4.06. The van der Waals surface area contributed by atoms with Crippen LogP contribution in [0, 0.1) is 13.8 Å². The van der Waals surface area contributed by atoms with E-state index in [1.165, 1.54) is 17.1 Å². The van der Waals surface area contributed by atoms with E-state index in [2.05, 4.69) is 10.1 Å². The lowest BCUT2D eigenvalue weighted by atomic mass is 10.1. The molecule has 0 aliphatic rings. The Kier molecular flexibility index (Phi) is 3.42. The lowest BCUT2D eigenvalue weighted by molar-refractivity contribution is 0.602. The lowest BCUT2D eigenvalue weighted by Crippen LogP contribution is -2.10. The molecule has 0 bridgehead atoms. The molecular formula is C12H16N4O2S. The molecule has 0 saturated carbocycles. The van der Waals surface area contributed by atoms with Gasteiger partial charge in [-0.05, 0) is 25.5 Å². The van der Waals surface area contributed by atoms with Crippen molar-refractivity contribution in [3.63, 3.8) is 0 Å². The quantitative estimate of drug-likeness (QED) is 0.895. The summed E-state index contributed by atoms with van der Waals surface area (Å²) in [6.07, 6.45) is 3.91. The predicted molar refractivity (Wildman–Crippen MR) is 71.8 cm³/mol. The van der Waals surface area contributed by atoms with Crippen molar-refractivity contribution >= 4 is 9.84 Å². The summed E-state index contributed by atoms with van der Waals surface area (Å²) in [5.41, 5.74) is 8.44. The van der Waals surface area contributed by atoms with Crippen LogP contribution >= 0.6 is 0 Å². The van der Waals surface area contributed by atoms with E-state index in [1.807, 2.05) is 19.9 Å². The average molecular weight is 280 g/mol. The Morgan fingerprint density at radius 3 is 2.58 bits per heavy atom. The van der Waals surface area contributed by atoms with Crippen molar-refractivity contribution in [1.29, 1.82) is 0 Å². The van der Waals surface area contributed by atoms with Crippen LogP contribution in [0.3, 0.4) is 0 Å². The number of nitrogens with two attached hydrogens (primary N) is 1. The van der Waals surface area contributed by atoms with Crippen LogP contribution in [0.2, 0.25) is 0 Å². The van der Waals surface area contributed by atoms with Crippen LogP contribution in [0.25, 0.3) is 5.82 Å². The van der Waals surface area contributed by atoms with Gasteiger partial charge in [-0.2, -0.15) is 5.10 Å². The smallest absolute Gasteiger partial charge is 0.178 e. The van der Waals surface area contributed by atoms with Crippen LogP contribution in [0.4, 0.5) is 0 Å². The number of pyridine rings is 1. The molecule has 2 aromatic heterocycles. The standard InChI is InChI=1S/C12H16N4O2S/c1-8-4-9(2)15-12(11(8)5-13)16-7-10(6-14-16)19(3,17)18/h4,6-7H,5,13H2,1-3H3. The summed E-state index contributed by atoms with van der Waals surface area (Å²) in [6.45, 7) is 4.14. The summed E-state index contributed by atoms with van der Waals surface area (Å²) in [5.74, 6) is 0.579. The number of hydrogen-bond acceptors (Lipinski definition) is 5. The molecule has 0 aliphatic carbocycles. The van der Waals surface area contributed by atoms with Gasteiger partial charge in [0, 0.05) is 24.1 Å². The molecule has 0 radical (unpaired) electrons. The third kappa shape index (κ3) is 2.66. The van der Waals surface area contributed by atoms with Crippen LogP contribution in [0.1, 0.15) is 16.8 Å². The highest BCUT2D eigenvalue weighted by Crippen LogP contribution is 2.18. The molecule has 102 valence electrons. The third-order valence-electron chi connectivity index (χ3n) is 2.86. The van der Waals surface area contributed by atoms with Gasteiger partial charge >= 0.3 is 0 Å². The normalized spacial score (nSPS) is 11.8. The predicted octanol–water partition coefficient (Wildman–Crippen LogP) is 0.746. The molecule has 2 rings (SSSR count). The van der Waals surface area contributed by atoms with E-state index in [4.69, 9.17) is 5.73 Å². The SMILES string of the molecule is Cc1cc(C)c(CN)c(-n2cc(S(C)(=O)=O)cn2)n1. The highest BCUT2D eigenvalue weighted by molar-refractivity contribution is 7.90. The summed E-state index contributed by atoms with van der Waals surface area (Å²) < 4.78 is 24.4. The summed E-state index contributed by atoms with van der Waals surface area (Å²) in [4.78, 5) is 4.56. The van der Waals surface area contributed by atoms with Gasteiger partial charge in [-0.15, -0.1) is 0 Å². The van der Waals surface area contributed by atoms with E-state index in [0.29, 0.717) is 12.4 Å². The zero-order valence-electron chi connectivity index (χ0n) is 11.1. The molecule has 0 spiro atoms. The van der Waals surface area contributed by atoms with Gasteiger partial charge < -0.3 is 5.73 Å². The second-order valence-electron chi connectivity index (χ2n) is 4.48. The Labute approximate surface area is 112 Å². The zero-order valence-corrected chi connectivity index (χ0v) is 11.9. The highest BCUT2D eigenvalue weighted by Gasteiger charge is 2.14. The van der Waals surface area contributed by atoms with Crippen LogP contribution in [0.15, 0.2) is 23.4 Å². The summed E-state index contributed by atoms with van der Waals surface area (Å²) in [7, 11) is -3.27. The molecule has 0 fully saturated rings. The Balaban J connectivity index is 2.62. The van der Waals surface area contributed by atoms with E-state index < -0.39 is 9.84 Å². The Hall–Kier alpha value is -1.73. The Morgan fingerprint density at radius 2 is 2.05 bits per heavy atom. The zero-order chi connectivity index (χ0) is 14.2. The van der Waals surface area contributed by atoms with Crippen LogP contribution < -0.4 is 5.73 Å². The molecule has 0 aliphatic heterocycles. The number of aryl methyl sites for hydroxylation is 2. The van der Waals surface area contributed by atoms with Gasteiger partial charge in [-0.1, -0.05) is 0 Å². The Bertz CT molecular complexity index is 719. The van der Waals surface area contributed by atoms with Gasteiger partial charge in [0.2, 0.25) is 0 Å². The van der Waals surface area contributed by atoms with E-state index >= 15 is 0 Å². The van der Waals surface area contributed by atoms with Crippen molar-refractivity contribution in [3.05, 3.63) is 35.3 Å². The molecule has 19 heavy (non-hydrogen) atoms. The van der Waals surface area contributed by atoms with E-state index in [9.17, 15) is 8.42 Å². The van der Waals surface area contributed by atoms with Crippen molar-refractivity contribution in [3.8, 4) is 5.82 Å². The summed E-state index contributed by atoms with van der Waals surface area (Å²) in [6, 6.07) is 1.94. The number of hydrogen-bond donors (Lipinski definition) is 1. The van der Waals surface area contributed by atoms with Crippen molar-refractivity contribution in [2.24, 2.45) is 5.73 Å². The number of aromatic nitrogens is 3.